The molecule has 0 radical (unpaired) electrons. The molecular formula is C12H19N3O. The third-order valence-corrected chi connectivity index (χ3v) is 3.05. The summed E-state index contributed by atoms with van der Waals surface area (Å²) in [7, 11) is 0. The zero-order chi connectivity index (χ0) is 11.4. The Morgan fingerprint density at radius 2 is 2.44 bits per heavy atom. The highest BCUT2D eigenvalue weighted by Crippen LogP contribution is 2.14. The summed E-state index contributed by atoms with van der Waals surface area (Å²) in [6, 6.07) is 4.01. The molecule has 0 aromatic carbocycles. The van der Waals surface area contributed by atoms with E-state index in [9.17, 15) is 5.11 Å². The fraction of sp³-hybridized carbons (Fsp3) is 0.583. The fourth-order valence-electron chi connectivity index (χ4n) is 2.21. The highest BCUT2D eigenvalue weighted by Gasteiger charge is 2.18. The number of likely N-dealkylation sites (tertiary alicyclic amines) is 1. The summed E-state index contributed by atoms with van der Waals surface area (Å²) >= 11 is 0. The highest BCUT2D eigenvalue weighted by molar-refractivity contribution is 5.19. The number of hydrogen-bond acceptors (Lipinski definition) is 4. The third-order valence-electron chi connectivity index (χ3n) is 3.05. The molecule has 0 bridgehead atoms. The molecule has 2 rings (SSSR count). The van der Waals surface area contributed by atoms with E-state index in [-0.39, 0.29) is 6.10 Å². The maximum Gasteiger partial charge on any atom is 0.0667 e. The van der Waals surface area contributed by atoms with E-state index >= 15 is 0 Å². The molecule has 1 aromatic heterocycles. The second-order valence-corrected chi connectivity index (χ2v) is 4.34. The lowest BCUT2D eigenvalue weighted by atomic mass is 10.1. The van der Waals surface area contributed by atoms with Crippen LogP contribution in [0.5, 0.6) is 0 Å². The molecule has 4 heteroatoms. The average molecular weight is 221 g/mol. The van der Waals surface area contributed by atoms with Gasteiger partial charge in [-0.25, -0.2) is 0 Å². The predicted molar refractivity (Wildman–Crippen MR) is 62.6 cm³/mol. The number of aromatic nitrogens is 1. The molecule has 1 aliphatic heterocycles. The number of nitrogens with zero attached hydrogens (tertiary/aromatic N) is 2. The zero-order valence-electron chi connectivity index (χ0n) is 9.47. The minimum absolute atomic E-state index is 0.174. The first kappa shape index (κ1) is 11.5. The van der Waals surface area contributed by atoms with Crippen molar-refractivity contribution < 1.29 is 5.11 Å². The second kappa shape index (κ2) is 5.39. The van der Waals surface area contributed by atoms with E-state index in [1.165, 1.54) is 5.56 Å². The summed E-state index contributed by atoms with van der Waals surface area (Å²) in [6.45, 7) is 3.14. The summed E-state index contributed by atoms with van der Waals surface area (Å²) in [4.78, 5) is 6.54. The molecule has 1 aliphatic rings. The number of β-amino-alcohol motifs (C(OH)–C–C–N with tert-alkyl or cyclic N) is 1. The van der Waals surface area contributed by atoms with Crippen LogP contribution in [0, 0.1) is 0 Å². The minimum Gasteiger partial charge on any atom is -0.392 e. The number of hydrogen-bond donors (Lipinski definition) is 2. The van der Waals surface area contributed by atoms with Gasteiger partial charge in [0.15, 0.2) is 0 Å². The van der Waals surface area contributed by atoms with Crippen LogP contribution in [0.15, 0.2) is 18.3 Å². The standard InChI is InChI=1S/C12H19N3O/c13-7-12-10(3-1-5-14-12)8-15-6-2-4-11(16)9-15/h1,3,5,11,16H,2,4,6-9,13H2. The van der Waals surface area contributed by atoms with Gasteiger partial charge in [-0.2, -0.15) is 0 Å². The molecule has 0 spiro atoms. The predicted octanol–water partition coefficient (Wildman–Crippen LogP) is 0.497. The van der Waals surface area contributed by atoms with E-state index in [1.54, 1.807) is 6.20 Å². The largest absolute Gasteiger partial charge is 0.392 e. The number of rotatable bonds is 3. The monoisotopic (exact) mass is 221 g/mol. The van der Waals surface area contributed by atoms with Crippen LogP contribution in [0.3, 0.4) is 0 Å². The van der Waals surface area contributed by atoms with Crippen molar-refractivity contribution >= 4 is 0 Å². The van der Waals surface area contributed by atoms with Crippen LogP contribution in [-0.4, -0.2) is 34.2 Å². The SMILES string of the molecule is NCc1ncccc1CN1CCCC(O)C1. The minimum atomic E-state index is -0.174. The molecule has 88 valence electrons. The van der Waals surface area contributed by atoms with Crippen molar-refractivity contribution in [3.05, 3.63) is 29.6 Å². The Morgan fingerprint density at radius 1 is 1.56 bits per heavy atom. The number of nitrogens with two attached hydrogens (primary N) is 1. The lowest BCUT2D eigenvalue weighted by molar-refractivity contribution is 0.0666. The van der Waals surface area contributed by atoms with E-state index in [0.29, 0.717) is 6.54 Å². The van der Waals surface area contributed by atoms with Crippen molar-refractivity contribution in [3.63, 3.8) is 0 Å². The summed E-state index contributed by atoms with van der Waals surface area (Å²) in [5.41, 5.74) is 7.79. The molecule has 0 aliphatic carbocycles. The molecule has 1 unspecified atom stereocenters. The van der Waals surface area contributed by atoms with Crippen molar-refractivity contribution in [2.24, 2.45) is 5.73 Å². The zero-order valence-corrected chi connectivity index (χ0v) is 9.47. The number of pyridine rings is 1. The molecule has 4 nitrogen and oxygen atoms in total. The van der Waals surface area contributed by atoms with Gasteiger partial charge < -0.3 is 10.8 Å². The smallest absolute Gasteiger partial charge is 0.0667 e. The van der Waals surface area contributed by atoms with E-state index in [0.717, 1.165) is 38.2 Å². The van der Waals surface area contributed by atoms with Crippen LogP contribution < -0.4 is 5.73 Å². The van der Waals surface area contributed by atoms with Gasteiger partial charge in [-0.15, -0.1) is 0 Å². The molecule has 3 N–H and O–H groups in total. The van der Waals surface area contributed by atoms with Gasteiger partial charge in [0.25, 0.3) is 0 Å². The second-order valence-electron chi connectivity index (χ2n) is 4.34. The summed E-state index contributed by atoms with van der Waals surface area (Å²) < 4.78 is 0. The normalized spacial score (nSPS) is 22.2. The quantitative estimate of drug-likeness (QED) is 0.780. The van der Waals surface area contributed by atoms with Gasteiger partial charge in [0.2, 0.25) is 0 Å². The van der Waals surface area contributed by atoms with Crippen LogP contribution in [0.4, 0.5) is 0 Å². The molecule has 0 saturated carbocycles. The van der Waals surface area contributed by atoms with Gasteiger partial charge in [0.1, 0.15) is 0 Å². The Hall–Kier alpha value is -0.970. The Kier molecular flexibility index (Phi) is 3.88. The van der Waals surface area contributed by atoms with Gasteiger partial charge in [-0.1, -0.05) is 6.07 Å². The maximum absolute atomic E-state index is 9.60. The topological polar surface area (TPSA) is 62.4 Å². The van der Waals surface area contributed by atoms with Crippen LogP contribution in [0.1, 0.15) is 24.1 Å². The third kappa shape index (κ3) is 2.78. The van der Waals surface area contributed by atoms with Gasteiger partial charge in [0.05, 0.1) is 11.8 Å². The molecule has 16 heavy (non-hydrogen) atoms. The first-order valence-electron chi connectivity index (χ1n) is 5.83. The van der Waals surface area contributed by atoms with Gasteiger partial charge in [-0.3, -0.25) is 9.88 Å². The van der Waals surface area contributed by atoms with E-state index in [4.69, 9.17) is 5.73 Å². The fourth-order valence-corrected chi connectivity index (χ4v) is 2.21. The van der Waals surface area contributed by atoms with E-state index in [2.05, 4.69) is 16.0 Å². The van der Waals surface area contributed by atoms with E-state index in [1.807, 2.05) is 6.07 Å². The van der Waals surface area contributed by atoms with Gasteiger partial charge in [-0.05, 0) is 31.0 Å². The Bertz CT molecular complexity index is 343. The number of aliphatic hydroxyl groups is 1. The first-order chi connectivity index (χ1) is 7.79. The van der Waals surface area contributed by atoms with Crippen molar-refractivity contribution in [2.75, 3.05) is 13.1 Å². The van der Waals surface area contributed by atoms with Crippen LogP contribution in [0.2, 0.25) is 0 Å². The Labute approximate surface area is 96.1 Å². The van der Waals surface area contributed by atoms with Crippen LogP contribution >= 0.6 is 0 Å². The molecular weight excluding hydrogens is 202 g/mol. The Balaban J connectivity index is 2.02. The van der Waals surface area contributed by atoms with Crippen LogP contribution in [-0.2, 0) is 13.1 Å². The van der Waals surface area contributed by atoms with Crippen molar-refractivity contribution in [3.8, 4) is 0 Å². The molecule has 1 atom stereocenters. The van der Waals surface area contributed by atoms with E-state index < -0.39 is 0 Å². The van der Waals surface area contributed by atoms with Crippen LogP contribution in [0.25, 0.3) is 0 Å². The molecule has 0 amide bonds. The van der Waals surface area contributed by atoms with Gasteiger partial charge in [0, 0.05) is 25.8 Å². The number of piperidine rings is 1. The molecule has 1 saturated heterocycles. The lowest BCUT2D eigenvalue weighted by Crippen LogP contribution is -2.37. The van der Waals surface area contributed by atoms with Crippen molar-refractivity contribution in [1.29, 1.82) is 0 Å². The average Bonchev–Trinajstić information content (AvgIpc) is 2.30. The molecule has 1 fully saturated rings. The summed E-state index contributed by atoms with van der Waals surface area (Å²) in [5, 5.41) is 9.60. The summed E-state index contributed by atoms with van der Waals surface area (Å²) in [5.74, 6) is 0. The summed E-state index contributed by atoms with van der Waals surface area (Å²) in [6.07, 6.45) is 3.59. The molecule has 1 aromatic rings. The lowest BCUT2D eigenvalue weighted by Gasteiger charge is -2.30. The number of aliphatic hydroxyl groups excluding tert-OH is 1. The highest BCUT2D eigenvalue weighted by atomic mass is 16.3. The Morgan fingerprint density at radius 3 is 3.19 bits per heavy atom. The van der Waals surface area contributed by atoms with Crippen molar-refractivity contribution in [2.45, 2.75) is 32.0 Å². The van der Waals surface area contributed by atoms with Crippen molar-refractivity contribution in [1.82, 2.24) is 9.88 Å². The molecule has 2 heterocycles. The maximum atomic E-state index is 9.60. The first-order valence-corrected chi connectivity index (χ1v) is 5.83. The van der Waals surface area contributed by atoms with Gasteiger partial charge >= 0.3 is 0 Å².